The Bertz CT molecular complexity index is 244. The zero-order valence-electron chi connectivity index (χ0n) is 8.96. The summed E-state index contributed by atoms with van der Waals surface area (Å²) in [6.07, 6.45) is -0.766. The number of aliphatic hydroxyl groups is 2. The largest absolute Gasteiger partial charge is 0.394 e. The van der Waals surface area contributed by atoms with Crippen molar-refractivity contribution >= 4 is 51.4 Å². The summed E-state index contributed by atoms with van der Waals surface area (Å²) < 4.78 is 29.4. The van der Waals surface area contributed by atoms with Crippen LogP contribution < -0.4 is 0 Å². The van der Waals surface area contributed by atoms with E-state index in [9.17, 15) is 8.42 Å². The maximum Gasteiger partial charge on any atom is 0.265 e. The van der Waals surface area contributed by atoms with Crippen molar-refractivity contribution in [2.24, 2.45) is 5.92 Å². The molecule has 0 aromatic carbocycles. The average Bonchev–Trinajstić information content (AvgIpc) is 2.00. The molecule has 0 aliphatic carbocycles. The number of hydrogen-bond donors (Lipinski definition) is 3. The monoisotopic (exact) mass is 267 g/mol. The Hall–Kier alpha value is 1.18. The van der Waals surface area contributed by atoms with E-state index < -0.39 is 16.2 Å². The van der Waals surface area contributed by atoms with E-state index in [-0.39, 0.29) is 47.8 Å². The number of rotatable bonds is 7. The second kappa shape index (κ2) is 9.23. The molecule has 15 heavy (non-hydrogen) atoms. The molecule has 8 heteroatoms. The van der Waals surface area contributed by atoms with E-state index in [1.54, 1.807) is 6.92 Å². The van der Waals surface area contributed by atoms with E-state index >= 15 is 0 Å². The van der Waals surface area contributed by atoms with E-state index in [4.69, 9.17) is 14.8 Å². The molecule has 0 spiro atoms. The normalized spacial score (nSPS) is 15.5. The summed E-state index contributed by atoms with van der Waals surface area (Å²) in [5.41, 5.74) is 0. The fraction of sp³-hybridized carbons (Fsp3) is 1.00. The van der Waals surface area contributed by atoms with Crippen molar-refractivity contribution < 1.29 is 23.2 Å². The molecule has 2 atom stereocenters. The number of aliphatic hydroxyl groups excluding tert-OH is 2. The van der Waals surface area contributed by atoms with Gasteiger partial charge in [-0.3, -0.25) is 4.55 Å². The second-order valence-corrected chi connectivity index (χ2v) is 5.80. The molecule has 0 heterocycles. The summed E-state index contributed by atoms with van der Waals surface area (Å²) in [5.74, 6) is 0.458. The van der Waals surface area contributed by atoms with Crippen LogP contribution in [0, 0.1) is 5.92 Å². The Labute approximate surface area is 117 Å². The SMILES string of the molecule is CC(CSCC(O)CO)CS(=O)(=O)O.[Na]. The molecule has 3 N–H and O–H groups in total. The molecular weight excluding hydrogens is 251 g/mol. The molecule has 0 amide bonds. The van der Waals surface area contributed by atoms with Crippen molar-refractivity contribution in [3.8, 4) is 0 Å². The van der Waals surface area contributed by atoms with E-state index in [0.717, 1.165) is 0 Å². The minimum Gasteiger partial charge on any atom is -0.394 e. The fourth-order valence-electron chi connectivity index (χ4n) is 0.866. The van der Waals surface area contributed by atoms with Crippen LogP contribution >= 0.6 is 11.8 Å². The molecule has 2 unspecified atom stereocenters. The smallest absolute Gasteiger partial charge is 0.265 e. The summed E-state index contributed by atoms with van der Waals surface area (Å²) in [6, 6.07) is 0. The van der Waals surface area contributed by atoms with Crippen molar-refractivity contribution in [3.63, 3.8) is 0 Å². The van der Waals surface area contributed by atoms with Crippen molar-refractivity contribution in [3.05, 3.63) is 0 Å². The van der Waals surface area contributed by atoms with Crippen molar-refractivity contribution in [1.82, 2.24) is 0 Å². The van der Waals surface area contributed by atoms with E-state index in [1.807, 2.05) is 0 Å². The van der Waals surface area contributed by atoms with Gasteiger partial charge in [-0.2, -0.15) is 20.2 Å². The minimum atomic E-state index is -3.90. The van der Waals surface area contributed by atoms with Crippen LogP contribution in [-0.2, 0) is 10.1 Å². The Balaban J connectivity index is 0. The van der Waals surface area contributed by atoms with Gasteiger partial charge in [0, 0.05) is 35.3 Å². The summed E-state index contributed by atoms with van der Waals surface area (Å²) in [4.78, 5) is 0. The summed E-state index contributed by atoms with van der Waals surface area (Å²) >= 11 is 1.35. The number of hydrogen-bond acceptors (Lipinski definition) is 5. The Morgan fingerprint density at radius 3 is 2.27 bits per heavy atom. The quantitative estimate of drug-likeness (QED) is 0.413. The van der Waals surface area contributed by atoms with Crippen LogP contribution in [-0.4, -0.2) is 82.7 Å². The van der Waals surface area contributed by atoms with Crippen LogP contribution in [0.4, 0.5) is 0 Å². The van der Waals surface area contributed by atoms with Gasteiger partial charge in [-0.1, -0.05) is 6.92 Å². The van der Waals surface area contributed by atoms with Gasteiger partial charge in [0.1, 0.15) is 0 Å². The van der Waals surface area contributed by atoms with Crippen LogP contribution in [0.3, 0.4) is 0 Å². The molecule has 0 aromatic heterocycles. The molecule has 87 valence electrons. The first-order valence-corrected chi connectivity index (χ1v) is 6.93. The van der Waals surface area contributed by atoms with E-state index in [1.165, 1.54) is 11.8 Å². The predicted octanol–water partition coefficient (Wildman–Crippen LogP) is -0.784. The molecule has 0 aromatic rings. The van der Waals surface area contributed by atoms with Crippen LogP contribution in [0.2, 0.25) is 0 Å². The first-order chi connectivity index (χ1) is 6.35. The molecule has 0 saturated carbocycles. The second-order valence-electron chi connectivity index (χ2n) is 3.23. The molecule has 0 saturated heterocycles. The zero-order valence-corrected chi connectivity index (χ0v) is 12.6. The third-order valence-electron chi connectivity index (χ3n) is 1.42. The third kappa shape index (κ3) is 13.1. The van der Waals surface area contributed by atoms with Gasteiger partial charge < -0.3 is 10.2 Å². The summed E-state index contributed by atoms with van der Waals surface area (Å²) in [5, 5.41) is 17.5. The summed E-state index contributed by atoms with van der Waals surface area (Å²) in [6.45, 7) is 1.41. The maximum absolute atomic E-state index is 10.5. The minimum absolute atomic E-state index is 0. The van der Waals surface area contributed by atoms with E-state index in [0.29, 0.717) is 11.5 Å². The first-order valence-electron chi connectivity index (χ1n) is 4.17. The topological polar surface area (TPSA) is 94.8 Å². The molecule has 1 radical (unpaired) electrons. The van der Waals surface area contributed by atoms with Crippen molar-refractivity contribution in [2.75, 3.05) is 23.9 Å². The van der Waals surface area contributed by atoms with Crippen LogP contribution in [0.25, 0.3) is 0 Å². The number of thioether (sulfide) groups is 1. The van der Waals surface area contributed by atoms with Gasteiger partial charge in [0.05, 0.1) is 18.5 Å². The molecule has 0 aliphatic rings. The van der Waals surface area contributed by atoms with Crippen LogP contribution in [0.1, 0.15) is 6.92 Å². The van der Waals surface area contributed by atoms with Gasteiger partial charge >= 0.3 is 0 Å². The van der Waals surface area contributed by atoms with Gasteiger partial charge in [-0.25, -0.2) is 0 Å². The van der Waals surface area contributed by atoms with Gasteiger partial charge in [0.25, 0.3) is 10.1 Å². The van der Waals surface area contributed by atoms with Gasteiger partial charge in [-0.15, -0.1) is 0 Å². The third-order valence-corrected chi connectivity index (χ3v) is 3.83. The van der Waals surface area contributed by atoms with Gasteiger partial charge in [0.2, 0.25) is 0 Å². The van der Waals surface area contributed by atoms with Gasteiger partial charge in [0.15, 0.2) is 0 Å². The van der Waals surface area contributed by atoms with Crippen molar-refractivity contribution in [2.45, 2.75) is 13.0 Å². The Morgan fingerprint density at radius 2 is 1.87 bits per heavy atom. The standard InChI is InChI=1S/C7H16O5S2.Na/c1-6(5-14(10,11)12)3-13-4-7(9)2-8;/h6-9H,2-5H2,1H3,(H,10,11,12);. The predicted molar refractivity (Wildman–Crippen MR) is 61.8 cm³/mol. The van der Waals surface area contributed by atoms with Crippen molar-refractivity contribution in [1.29, 1.82) is 0 Å². The maximum atomic E-state index is 10.5. The molecule has 0 bridgehead atoms. The molecular formula is C7H16NaO5S2. The Kier molecular flexibility index (Phi) is 11.4. The molecule has 0 rings (SSSR count). The van der Waals surface area contributed by atoms with E-state index in [2.05, 4.69) is 0 Å². The molecule has 0 fully saturated rings. The zero-order chi connectivity index (χ0) is 11.2. The Morgan fingerprint density at radius 1 is 1.33 bits per heavy atom. The average molecular weight is 267 g/mol. The molecule has 5 nitrogen and oxygen atoms in total. The summed E-state index contributed by atoms with van der Waals surface area (Å²) in [7, 11) is -3.90. The first kappa shape index (κ1) is 18.5. The fourth-order valence-corrected chi connectivity index (χ4v) is 2.89. The van der Waals surface area contributed by atoms with Crippen LogP contribution in [0.15, 0.2) is 0 Å². The molecule has 0 aliphatic heterocycles. The van der Waals surface area contributed by atoms with Crippen LogP contribution in [0.5, 0.6) is 0 Å². The van der Waals surface area contributed by atoms with Gasteiger partial charge in [-0.05, 0) is 11.7 Å².